The summed E-state index contributed by atoms with van der Waals surface area (Å²) >= 11 is 0. The fourth-order valence-corrected chi connectivity index (χ4v) is 2.58. The molecule has 1 rings (SSSR count). The molecule has 0 aromatic heterocycles. The number of ether oxygens (including phenoxy) is 1. The number of hydrogen-bond donors (Lipinski definition) is 0. The first-order chi connectivity index (χ1) is 9.04. The van der Waals surface area contributed by atoms with Crippen molar-refractivity contribution >= 4 is 11.9 Å². The highest BCUT2D eigenvalue weighted by atomic mass is 16.6. The molecule has 1 fully saturated rings. The lowest BCUT2D eigenvalue weighted by Gasteiger charge is -2.31. The van der Waals surface area contributed by atoms with Crippen LogP contribution in [0.2, 0.25) is 0 Å². The van der Waals surface area contributed by atoms with Crippen LogP contribution in [0.5, 0.6) is 0 Å². The van der Waals surface area contributed by atoms with Gasteiger partial charge in [-0.1, -0.05) is 48.6 Å². The van der Waals surface area contributed by atoms with Gasteiger partial charge in [0.05, 0.1) is 0 Å². The van der Waals surface area contributed by atoms with Gasteiger partial charge in [0.25, 0.3) is 0 Å². The van der Waals surface area contributed by atoms with Crippen molar-refractivity contribution in [3.8, 4) is 0 Å². The van der Waals surface area contributed by atoms with E-state index >= 15 is 0 Å². The lowest BCUT2D eigenvalue weighted by Crippen LogP contribution is -2.39. The van der Waals surface area contributed by atoms with Crippen LogP contribution < -0.4 is 0 Å². The van der Waals surface area contributed by atoms with Gasteiger partial charge in [-0.05, 0) is 27.7 Å². The lowest BCUT2D eigenvalue weighted by atomic mass is 9.63. The van der Waals surface area contributed by atoms with E-state index in [2.05, 4.69) is 0 Å². The number of allylic oxidation sites excluding steroid dienone is 4. The number of hydrogen-bond acceptors (Lipinski definition) is 3. The predicted octanol–water partition coefficient (Wildman–Crippen LogP) is 3.35. The van der Waals surface area contributed by atoms with Gasteiger partial charge in [-0.15, -0.1) is 0 Å². The first-order valence-corrected chi connectivity index (χ1v) is 6.36. The van der Waals surface area contributed by atoms with Crippen LogP contribution in [0.4, 0.5) is 0 Å². The fraction of sp³-hybridized carbons (Fsp3) is 0.375. The molecule has 19 heavy (non-hydrogen) atoms. The maximum atomic E-state index is 12.2. The molecule has 0 N–H and O–H groups in total. The molecule has 3 heteroatoms. The van der Waals surface area contributed by atoms with Crippen LogP contribution in [0.15, 0.2) is 48.6 Å². The molecular formula is C16H20O3. The highest BCUT2D eigenvalue weighted by molar-refractivity contribution is 6.06. The van der Waals surface area contributed by atoms with Gasteiger partial charge in [0.15, 0.2) is 0 Å². The molecule has 102 valence electrons. The number of esters is 2. The Hall–Kier alpha value is -1.90. The topological polar surface area (TPSA) is 43.4 Å². The minimum absolute atomic E-state index is 0.537. The Morgan fingerprint density at radius 1 is 0.684 bits per heavy atom. The average Bonchev–Trinajstić information content (AvgIpc) is 2.54. The van der Waals surface area contributed by atoms with E-state index in [0.29, 0.717) is 0 Å². The molecule has 1 heterocycles. The summed E-state index contributed by atoms with van der Waals surface area (Å²) in [6, 6.07) is 0. The van der Waals surface area contributed by atoms with Crippen molar-refractivity contribution < 1.29 is 14.3 Å². The first-order valence-electron chi connectivity index (χ1n) is 6.36. The highest BCUT2D eigenvalue weighted by Gasteiger charge is 2.63. The van der Waals surface area contributed by atoms with Crippen molar-refractivity contribution in [2.24, 2.45) is 10.8 Å². The van der Waals surface area contributed by atoms with E-state index in [9.17, 15) is 9.59 Å². The minimum atomic E-state index is -1.10. The maximum absolute atomic E-state index is 12.2. The molecule has 0 aromatic rings. The molecular weight excluding hydrogens is 240 g/mol. The van der Waals surface area contributed by atoms with Gasteiger partial charge < -0.3 is 4.74 Å². The van der Waals surface area contributed by atoms with E-state index in [1.807, 2.05) is 27.7 Å². The summed E-state index contributed by atoms with van der Waals surface area (Å²) < 4.78 is 4.92. The van der Waals surface area contributed by atoms with Crippen LogP contribution in [0.1, 0.15) is 27.7 Å². The Morgan fingerprint density at radius 2 is 0.947 bits per heavy atom. The summed E-state index contributed by atoms with van der Waals surface area (Å²) in [6.45, 7) is 7.27. The fourth-order valence-electron chi connectivity index (χ4n) is 2.58. The maximum Gasteiger partial charge on any atom is 0.329 e. The summed E-state index contributed by atoms with van der Waals surface area (Å²) in [4.78, 5) is 24.5. The summed E-state index contributed by atoms with van der Waals surface area (Å²) in [5, 5.41) is 0. The molecule has 1 aliphatic rings. The molecule has 0 unspecified atom stereocenters. The second-order valence-corrected chi connectivity index (χ2v) is 4.42. The Kier molecular flexibility index (Phi) is 4.65. The van der Waals surface area contributed by atoms with Gasteiger partial charge in [0.1, 0.15) is 10.8 Å². The lowest BCUT2D eigenvalue weighted by molar-refractivity contribution is -0.154. The summed E-state index contributed by atoms with van der Waals surface area (Å²) in [6.07, 6.45) is 14.0. The second-order valence-electron chi connectivity index (χ2n) is 4.42. The average molecular weight is 260 g/mol. The van der Waals surface area contributed by atoms with E-state index in [1.54, 1.807) is 48.6 Å². The summed E-state index contributed by atoms with van der Waals surface area (Å²) in [5.41, 5.74) is -2.21. The Balaban J connectivity index is 3.70. The molecule has 3 nitrogen and oxygen atoms in total. The van der Waals surface area contributed by atoms with E-state index in [-0.39, 0.29) is 0 Å². The van der Waals surface area contributed by atoms with E-state index in [0.717, 1.165) is 0 Å². The monoisotopic (exact) mass is 260 g/mol. The molecule has 1 aliphatic heterocycles. The number of rotatable bonds is 4. The van der Waals surface area contributed by atoms with Gasteiger partial charge in [-0.3, -0.25) is 9.59 Å². The SMILES string of the molecule is CC=CC1(C=CC)C(=O)OC(=O)C1(C=CC)C=CC. The molecule has 0 amide bonds. The first kappa shape index (κ1) is 15.2. The molecule has 0 atom stereocenters. The van der Waals surface area contributed by atoms with E-state index in [4.69, 9.17) is 4.74 Å². The van der Waals surface area contributed by atoms with Gasteiger partial charge >= 0.3 is 11.9 Å². The number of carbonyl (C=O) groups excluding carboxylic acids is 2. The van der Waals surface area contributed by atoms with E-state index < -0.39 is 22.8 Å². The Bertz CT molecular complexity index is 410. The third-order valence-electron chi connectivity index (χ3n) is 3.26. The Morgan fingerprint density at radius 3 is 1.16 bits per heavy atom. The molecule has 0 radical (unpaired) electrons. The third-order valence-corrected chi connectivity index (χ3v) is 3.26. The largest absolute Gasteiger partial charge is 0.391 e. The van der Waals surface area contributed by atoms with E-state index in [1.165, 1.54) is 0 Å². The van der Waals surface area contributed by atoms with Crippen LogP contribution in [-0.2, 0) is 14.3 Å². The quantitative estimate of drug-likeness (QED) is 0.442. The minimum Gasteiger partial charge on any atom is -0.391 e. The Labute approximate surface area is 114 Å². The van der Waals surface area contributed by atoms with Crippen molar-refractivity contribution in [1.29, 1.82) is 0 Å². The normalized spacial score (nSPS) is 32.4. The predicted molar refractivity (Wildman–Crippen MR) is 75.2 cm³/mol. The molecule has 1 saturated heterocycles. The third kappa shape index (κ3) is 2.09. The molecule has 0 saturated carbocycles. The van der Waals surface area contributed by atoms with Gasteiger partial charge in [-0.2, -0.15) is 0 Å². The number of cyclic esters (lactones) is 2. The van der Waals surface area contributed by atoms with Crippen LogP contribution in [-0.4, -0.2) is 11.9 Å². The van der Waals surface area contributed by atoms with Crippen molar-refractivity contribution in [3.05, 3.63) is 48.6 Å². The van der Waals surface area contributed by atoms with Crippen LogP contribution in [0, 0.1) is 10.8 Å². The van der Waals surface area contributed by atoms with Crippen LogP contribution >= 0.6 is 0 Å². The van der Waals surface area contributed by atoms with Crippen molar-refractivity contribution in [2.75, 3.05) is 0 Å². The second kappa shape index (κ2) is 5.83. The zero-order valence-corrected chi connectivity index (χ0v) is 11.8. The zero-order valence-electron chi connectivity index (χ0n) is 11.8. The molecule has 0 spiro atoms. The number of carbonyl (C=O) groups is 2. The summed E-state index contributed by atoms with van der Waals surface area (Å²) in [5.74, 6) is -1.07. The molecule has 0 bridgehead atoms. The summed E-state index contributed by atoms with van der Waals surface area (Å²) in [7, 11) is 0. The van der Waals surface area contributed by atoms with Gasteiger partial charge in [0.2, 0.25) is 0 Å². The van der Waals surface area contributed by atoms with Crippen LogP contribution in [0.3, 0.4) is 0 Å². The molecule has 0 aliphatic carbocycles. The van der Waals surface area contributed by atoms with Crippen molar-refractivity contribution in [3.63, 3.8) is 0 Å². The van der Waals surface area contributed by atoms with Crippen LogP contribution in [0.25, 0.3) is 0 Å². The highest BCUT2D eigenvalue weighted by Crippen LogP contribution is 2.51. The van der Waals surface area contributed by atoms with Gasteiger partial charge in [-0.25, -0.2) is 0 Å². The van der Waals surface area contributed by atoms with Crippen molar-refractivity contribution in [2.45, 2.75) is 27.7 Å². The van der Waals surface area contributed by atoms with Gasteiger partial charge in [0, 0.05) is 0 Å². The van der Waals surface area contributed by atoms with Crippen molar-refractivity contribution in [1.82, 2.24) is 0 Å². The zero-order chi connectivity index (χ0) is 14.5. The standard InChI is InChI=1S/C16H20O3/c1-5-9-15(10-6-2)13(17)19-14(18)16(15,11-7-3)12-8-4/h5-12H,1-4H3. The smallest absolute Gasteiger partial charge is 0.329 e. The molecule has 0 aromatic carbocycles.